The summed E-state index contributed by atoms with van der Waals surface area (Å²) in [7, 11) is 0. The zero-order valence-corrected chi connectivity index (χ0v) is 15.3. The topological polar surface area (TPSA) is 81.7 Å². The van der Waals surface area contributed by atoms with Gasteiger partial charge in [0, 0.05) is 11.8 Å². The minimum absolute atomic E-state index is 0.378. The molecular weight excluding hydrogens is 312 g/mol. The average Bonchev–Trinajstić information content (AvgIpc) is 2.59. The maximum atomic E-state index is 11.8. The summed E-state index contributed by atoms with van der Waals surface area (Å²) in [5, 5.41) is 17.7. The van der Waals surface area contributed by atoms with Gasteiger partial charge in [-0.3, -0.25) is 9.59 Å². The number of ketones is 2. The summed E-state index contributed by atoms with van der Waals surface area (Å²) in [6, 6.07) is 3.23. The first-order chi connectivity index (χ1) is 11.9. The van der Waals surface area contributed by atoms with Crippen molar-refractivity contribution in [1.82, 2.24) is 0 Å². The van der Waals surface area contributed by atoms with Crippen molar-refractivity contribution in [3.8, 4) is 12.1 Å². The van der Waals surface area contributed by atoms with Crippen molar-refractivity contribution in [1.29, 1.82) is 10.5 Å². The minimum Gasteiger partial charge on any atom is -0.282 e. The summed E-state index contributed by atoms with van der Waals surface area (Å²) < 4.78 is 0. The predicted octanol–water partition coefficient (Wildman–Crippen LogP) is 4.60. The van der Waals surface area contributed by atoms with Crippen molar-refractivity contribution < 1.29 is 9.59 Å². The third-order valence-corrected chi connectivity index (χ3v) is 4.57. The van der Waals surface area contributed by atoms with Gasteiger partial charge in [0.25, 0.3) is 0 Å². The maximum Gasteiger partial charge on any atom is 0.236 e. The minimum atomic E-state index is -0.667. The van der Waals surface area contributed by atoms with Crippen molar-refractivity contribution in [2.24, 2.45) is 11.8 Å². The summed E-state index contributed by atoms with van der Waals surface area (Å²) in [5.41, 5.74) is 3.77. The highest BCUT2D eigenvalue weighted by atomic mass is 16.1. The van der Waals surface area contributed by atoms with Crippen molar-refractivity contribution in [3.63, 3.8) is 0 Å². The fraction of sp³-hybridized carbons (Fsp3) is 0.524. The van der Waals surface area contributed by atoms with E-state index in [9.17, 15) is 9.59 Å². The molecule has 0 aromatic rings. The molecule has 0 amide bonds. The van der Waals surface area contributed by atoms with Crippen LogP contribution in [-0.4, -0.2) is 11.6 Å². The Balaban J connectivity index is 2.63. The molecule has 2 unspecified atom stereocenters. The molecule has 0 N–H and O–H groups in total. The number of carbonyl (C=O) groups is 2. The van der Waals surface area contributed by atoms with E-state index in [2.05, 4.69) is 32.9 Å². The predicted molar refractivity (Wildman–Crippen MR) is 97.2 cm³/mol. The first-order valence-electron chi connectivity index (χ1n) is 8.73. The lowest BCUT2D eigenvalue weighted by atomic mass is 9.74. The van der Waals surface area contributed by atoms with Crippen LogP contribution in [0.15, 0.2) is 34.9 Å². The monoisotopic (exact) mass is 338 g/mol. The Kier molecular flexibility index (Phi) is 8.57. The molecule has 0 saturated carbocycles. The lowest BCUT2D eigenvalue weighted by Crippen LogP contribution is -2.31. The second-order valence-corrected chi connectivity index (χ2v) is 6.88. The molecule has 0 saturated heterocycles. The highest BCUT2D eigenvalue weighted by Crippen LogP contribution is 2.33. The molecule has 0 spiro atoms. The molecule has 4 nitrogen and oxygen atoms in total. The van der Waals surface area contributed by atoms with Crippen LogP contribution in [-0.2, 0) is 9.59 Å². The molecular formula is C21H26N2O2. The second-order valence-electron chi connectivity index (χ2n) is 6.88. The van der Waals surface area contributed by atoms with Crippen molar-refractivity contribution in [2.75, 3.05) is 0 Å². The number of rotatable bonds is 8. The van der Waals surface area contributed by atoms with Gasteiger partial charge in [0.05, 0.1) is 0 Å². The highest BCUT2D eigenvalue weighted by molar-refractivity contribution is 6.03. The summed E-state index contributed by atoms with van der Waals surface area (Å²) in [5.74, 6) is -2.52. The largest absolute Gasteiger partial charge is 0.282 e. The lowest BCUT2D eigenvalue weighted by molar-refractivity contribution is -0.126. The van der Waals surface area contributed by atoms with Crippen molar-refractivity contribution in [2.45, 2.75) is 59.3 Å². The summed E-state index contributed by atoms with van der Waals surface area (Å²) in [4.78, 5) is 23.5. The molecule has 0 fully saturated rings. The lowest BCUT2D eigenvalue weighted by Gasteiger charge is -2.26. The first-order valence-corrected chi connectivity index (χ1v) is 8.73. The fourth-order valence-electron chi connectivity index (χ4n) is 3.10. The van der Waals surface area contributed by atoms with Crippen LogP contribution in [0.25, 0.3) is 0 Å². The Hall–Kier alpha value is -2.46. The van der Waals surface area contributed by atoms with E-state index in [1.807, 2.05) is 6.08 Å². The molecule has 0 aromatic carbocycles. The third-order valence-electron chi connectivity index (χ3n) is 4.57. The van der Waals surface area contributed by atoms with E-state index < -0.39 is 23.4 Å². The maximum absolute atomic E-state index is 11.8. The van der Waals surface area contributed by atoms with Crippen molar-refractivity contribution >= 4 is 11.6 Å². The third kappa shape index (κ3) is 6.89. The molecule has 0 radical (unpaired) electrons. The zero-order chi connectivity index (χ0) is 18.8. The Bertz CT molecular complexity index is 680. The number of allylic oxidation sites excluding steroid dienone is 6. The van der Waals surface area contributed by atoms with Crippen LogP contribution in [0.4, 0.5) is 0 Å². The molecule has 1 aliphatic rings. The average molecular weight is 338 g/mol. The van der Waals surface area contributed by atoms with E-state index in [0.717, 1.165) is 31.3 Å². The molecule has 1 aliphatic carbocycles. The quantitative estimate of drug-likeness (QED) is 0.478. The van der Waals surface area contributed by atoms with Crippen LogP contribution < -0.4 is 0 Å². The molecule has 0 aliphatic heterocycles. The summed E-state index contributed by atoms with van der Waals surface area (Å²) in [6.45, 7) is 6.31. The Morgan fingerprint density at radius 1 is 1.08 bits per heavy atom. The molecule has 1 rings (SSSR count). The molecule has 4 heteroatoms. The molecule has 2 atom stereocenters. The van der Waals surface area contributed by atoms with Crippen LogP contribution in [0.3, 0.4) is 0 Å². The van der Waals surface area contributed by atoms with Gasteiger partial charge in [-0.05, 0) is 59.3 Å². The number of hydrogen-bond donors (Lipinski definition) is 0. The van der Waals surface area contributed by atoms with Gasteiger partial charge in [0.1, 0.15) is 12.1 Å². The fourth-order valence-corrected chi connectivity index (χ4v) is 3.10. The number of hydrogen-bond acceptors (Lipinski definition) is 4. The van der Waals surface area contributed by atoms with E-state index in [1.165, 1.54) is 11.1 Å². The molecule has 0 heterocycles. The van der Waals surface area contributed by atoms with E-state index in [0.29, 0.717) is 12.8 Å². The molecule has 25 heavy (non-hydrogen) atoms. The van der Waals surface area contributed by atoms with Gasteiger partial charge in [-0.25, -0.2) is 0 Å². The summed E-state index contributed by atoms with van der Waals surface area (Å²) in [6.07, 6.45) is 11.0. The normalized spacial score (nSPS) is 20.0. The standard InChI is InChI=1S/C21H26N2O2/c1-15(2)6-4-7-16(3)8-5-9-17-10-11-18(20(24)13-22)19(12-17)21(25)14-23/h6,8,10,18-19H,4-5,7,9,11-12H2,1-3H3. The van der Waals surface area contributed by atoms with Crippen LogP contribution in [0.5, 0.6) is 0 Å². The second kappa shape index (κ2) is 10.4. The van der Waals surface area contributed by atoms with Gasteiger partial charge in [-0.15, -0.1) is 0 Å². The number of carbonyl (C=O) groups excluding carboxylic acids is 2. The highest BCUT2D eigenvalue weighted by Gasteiger charge is 2.35. The van der Waals surface area contributed by atoms with Gasteiger partial charge in [0.15, 0.2) is 0 Å². The number of nitriles is 2. The van der Waals surface area contributed by atoms with E-state index in [-0.39, 0.29) is 0 Å². The molecule has 0 bridgehead atoms. The van der Waals surface area contributed by atoms with Gasteiger partial charge >= 0.3 is 0 Å². The molecule has 132 valence electrons. The van der Waals surface area contributed by atoms with Crippen molar-refractivity contribution in [3.05, 3.63) is 34.9 Å². The van der Waals surface area contributed by atoms with Crippen LogP contribution in [0, 0.1) is 34.5 Å². The Labute approximate surface area is 150 Å². The smallest absolute Gasteiger partial charge is 0.236 e. The first kappa shape index (κ1) is 20.6. The number of Topliss-reactive ketones (excluding diaryl/α,β-unsaturated/α-hetero) is 2. The van der Waals surface area contributed by atoms with Gasteiger partial charge in [-0.2, -0.15) is 10.5 Å². The van der Waals surface area contributed by atoms with Gasteiger partial charge in [0.2, 0.25) is 11.6 Å². The van der Waals surface area contributed by atoms with Crippen LogP contribution in [0.1, 0.15) is 59.3 Å². The van der Waals surface area contributed by atoms with E-state index in [4.69, 9.17) is 10.5 Å². The molecule has 0 aromatic heterocycles. The Morgan fingerprint density at radius 2 is 1.72 bits per heavy atom. The van der Waals surface area contributed by atoms with E-state index in [1.54, 1.807) is 12.1 Å². The zero-order valence-electron chi connectivity index (χ0n) is 15.3. The SMILES string of the molecule is CC(C)=CCCC(C)=CCCC1=CCC(C(=O)C#N)C(C(=O)C#N)C1. The Morgan fingerprint density at radius 3 is 2.32 bits per heavy atom. The van der Waals surface area contributed by atoms with Gasteiger partial charge in [-0.1, -0.05) is 34.9 Å². The van der Waals surface area contributed by atoms with E-state index >= 15 is 0 Å². The van der Waals surface area contributed by atoms with Crippen LogP contribution >= 0.6 is 0 Å². The van der Waals surface area contributed by atoms with Gasteiger partial charge < -0.3 is 0 Å². The van der Waals surface area contributed by atoms with Crippen LogP contribution in [0.2, 0.25) is 0 Å². The number of nitrogens with zero attached hydrogens (tertiary/aromatic N) is 2. The summed E-state index contributed by atoms with van der Waals surface area (Å²) >= 11 is 0.